The van der Waals surface area contributed by atoms with Gasteiger partial charge in [0.25, 0.3) is 0 Å². The van der Waals surface area contributed by atoms with Crippen LogP contribution in [0.4, 0.5) is 0 Å². The Kier molecular flexibility index (Phi) is 7.44. The summed E-state index contributed by atoms with van der Waals surface area (Å²) >= 11 is 0. The first-order valence-electron chi connectivity index (χ1n) is 14.2. The average molecular weight is 503 g/mol. The molecule has 0 spiro atoms. The van der Waals surface area contributed by atoms with Crippen LogP contribution in [0.1, 0.15) is 63.6 Å². The van der Waals surface area contributed by atoms with Gasteiger partial charge in [-0.2, -0.15) is 0 Å². The number of rotatable bonds is 7. The molecule has 1 saturated heterocycles. The van der Waals surface area contributed by atoms with Crippen LogP contribution in [0.5, 0.6) is 0 Å². The lowest BCUT2D eigenvalue weighted by atomic mass is 9.63. The Morgan fingerprint density at radius 3 is 1.95 bits per heavy atom. The highest BCUT2D eigenvalue weighted by Gasteiger charge is 2.70. The summed E-state index contributed by atoms with van der Waals surface area (Å²) in [5, 5.41) is 10.0. The topological polar surface area (TPSA) is 60.9 Å². The van der Waals surface area contributed by atoms with Crippen molar-refractivity contribution in [2.45, 2.75) is 52.5 Å². The van der Waals surface area contributed by atoms with Crippen LogP contribution in [0.3, 0.4) is 0 Å². The molecular formula is C32H42N2O3. The van der Waals surface area contributed by atoms with Gasteiger partial charge in [0.15, 0.2) is 0 Å². The zero-order chi connectivity index (χ0) is 26.2. The van der Waals surface area contributed by atoms with Crippen LogP contribution in [0.15, 0.2) is 60.7 Å². The van der Waals surface area contributed by atoms with Crippen LogP contribution in [0, 0.1) is 35.0 Å². The number of nitrogens with zero attached hydrogens (tertiary/aromatic N) is 2. The Labute approximate surface area is 221 Å². The van der Waals surface area contributed by atoms with Crippen molar-refractivity contribution >= 4 is 11.9 Å². The molecule has 0 bridgehead atoms. The molecule has 0 aromatic heterocycles. The van der Waals surface area contributed by atoms with Crippen molar-refractivity contribution in [3.8, 4) is 0 Å². The first-order valence-corrected chi connectivity index (χ1v) is 14.2. The Morgan fingerprint density at radius 1 is 0.892 bits per heavy atom. The van der Waals surface area contributed by atoms with Gasteiger partial charge in [-0.25, -0.2) is 0 Å². The molecule has 198 valence electrons. The third-order valence-electron chi connectivity index (χ3n) is 9.58. The lowest BCUT2D eigenvalue weighted by molar-refractivity contribution is -0.150. The molecular weight excluding hydrogens is 460 g/mol. The molecule has 2 aromatic rings. The predicted octanol–water partition coefficient (Wildman–Crippen LogP) is 5.72. The van der Waals surface area contributed by atoms with Gasteiger partial charge in [0.1, 0.15) is 0 Å². The van der Waals surface area contributed by atoms with Crippen molar-refractivity contribution in [3.63, 3.8) is 0 Å². The van der Waals surface area contributed by atoms with Gasteiger partial charge in [0.05, 0.1) is 17.4 Å². The van der Waals surface area contributed by atoms with Crippen LogP contribution >= 0.6 is 0 Å². The molecule has 2 saturated carbocycles. The Morgan fingerprint density at radius 2 is 1.46 bits per heavy atom. The second kappa shape index (κ2) is 10.6. The predicted molar refractivity (Wildman–Crippen MR) is 146 cm³/mol. The van der Waals surface area contributed by atoms with Gasteiger partial charge in [0.2, 0.25) is 5.91 Å². The number of hydrogen-bond donors (Lipinski definition) is 1. The zero-order valence-corrected chi connectivity index (χ0v) is 22.6. The van der Waals surface area contributed by atoms with E-state index in [1.807, 2.05) is 17.0 Å². The summed E-state index contributed by atoms with van der Waals surface area (Å²) in [4.78, 5) is 31.0. The molecule has 37 heavy (non-hydrogen) atoms. The Balaban J connectivity index is 1.36. The van der Waals surface area contributed by atoms with E-state index in [0.29, 0.717) is 37.3 Å². The smallest absolute Gasteiger partial charge is 0.307 e. The van der Waals surface area contributed by atoms with Gasteiger partial charge in [-0.3, -0.25) is 14.5 Å². The van der Waals surface area contributed by atoms with Crippen molar-refractivity contribution in [2.75, 3.05) is 26.2 Å². The maximum atomic E-state index is 14.2. The fourth-order valence-corrected chi connectivity index (χ4v) is 7.55. The van der Waals surface area contributed by atoms with Crippen LogP contribution in [0.2, 0.25) is 0 Å². The Bertz CT molecular complexity index is 1040. The van der Waals surface area contributed by atoms with Crippen LogP contribution in [-0.4, -0.2) is 53.0 Å². The number of carbonyl (C=O) groups excluding carboxylic acids is 1. The van der Waals surface area contributed by atoms with Gasteiger partial charge in [-0.1, -0.05) is 87.9 Å². The minimum atomic E-state index is -0.791. The molecule has 1 heterocycles. The molecule has 2 aliphatic carbocycles. The first-order chi connectivity index (χ1) is 17.8. The van der Waals surface area contributed by atoms with E-state index >= 15 is 0 Å². The summed E-state index contributed by atoms with van der Waals surface area (Å²) < 4.78 is 0. The normalized spacial score (nSPS) is 30.5. The molecule has 5 nitrogen and oxygen atoms in total. The summed E-state index contributed by atoms with van der Waals surface area (Å²) in [7, 11) is 0. The van der Waals surface area contributed by atoms with Crippen molar-refractivity contribution < 1.29 is 14.7 Å². The van der Waals surface area contributed by atoms with Crippen LogP contribution in [-0.2, 0) is 9.59 Å². The van der Waals surface area contributed by atoms with E-state index in [1.165, 1.54) is 17.5 Å². The highest BCUT2D eigenvalue weighted by Crippen LogP contribution is 2.65. The van der Waals surface area contributed by atoms with E-state index in [2.05, 4.69) is 74.2 Å². The summed E-state index contributed by atoms with van der Waals surface area (Å²) in [6, 6.07) is 21.3. The quantitative estimate of drug-likeness (QED) is 0.526. The minimum Gasteiger partial charge on any atom is -0.481 e. The fraction of sp³-hybridized carbons (Fsp3) is 0.562. The van der Waals surface area contributed by atoms with E-state index in [9.17, 15) is 14.7 Å². The van der Waals surface area contributed by atoms with Crippen molar-refractivity contribution in [3.05, 3.63) is 71.8 Å². The molecule has 5 rings (SSSR count). The van der Waals surface area contributed by atoms with E-state index in [4.69, 9.17) is 0 Å². The molecule has 2 unspecified atom stereocenters. The second-order valence-electron chi connectivity index (χ2n) is 12.1. The molecule has 1 amide bonds. The maximum Gasteiger partial charge on any atom is 0.307 e. The highest BCUT2D eigenvalue weighted by atomic mass is 16.4. The number of amides is 1. The zero-order valence-electron chi connectivity index (χ0n) is 22.6. The van der Waals surface area contributed by atoms with Crippen molar-refractivity contribution in [2.24, 2.45) is 35.0 Å². The van der Waals surface area contributed by atoms with Crippen molar-refractivity contribution in [1.82, 2.24) is 9.80 Å². The van der Waals surface area contributed by atoms with Gasteiger partial charge in [-0.15, -0.1) is 0 Å². The average Bonchev–Trinajstić information content (AvgIpc) is 3.67. The van der Waals surface area contributed by atoms with E-state index in [1.54, 1.807) is 0 Å². The number of carbonyl (C=O) groups is 2. The largest absolute Gasteiger partial charge is 0.481 e. The van der Waals surface area contributed by atoms with Gasteiger partial charge < -0.3 is 10.0 Å². The summed E-state index contributed by atoms with van der Waals surface area (Å²) in [6.07, 6.45) is 3.77. The number of aliphatic carboxylic acids is 1. The Hall–Kier alpha value is -2.66. The summed E-state index contributed by atoms with van der Waals surface area (Å²) in [5.41, 5.74) is 1.80. The monoisotopic (exact) mass is 502 g/mol. The standard InChI is InChI=1S/C32H42N2O3/c1-22(2)26-15-14-23(3)20-27(26)32(21-28(32)30(35)36)31(37)34-18-16-33(17-19-34)29(24-10-6-4-7-11-24)25-12-8-5-9-13-25/h4-13,22-23,26-29H,14-21H2,1-3H3,(H,35,36)/t23-,26+,27+,28?,32?/m1/s1. The summed E-state index contributed by atoms with van der Waals surface area (Å²) in [5.74, 6) is 0.397. The molecule has 0 radical (unpaired) electrons. The van der Waals surface area contributed by atoms with Gasteiger partial charge in [-0.05, 0) is 54.1 Å². The minimum absolute atomic E-state index is 0.111. The third-order valence-corrected chi connectivity index (χ3v) is 9.58. The number of carboxylic acid groups (broad SMARTS) is 1. The van der Waals surface area contributed by atoms with E-state index in [-0.39, 0.29) is 17.9 Å². The highest BCUT2D eigenvalue weighted by molar-refractivity contribution is 5.94. The molecule has 5 heteroatoms. The molecule has 3 aliphatic rings. The molecule has 1 aliphatic heterocycles. The molecule has 3 fully saturated rings. The number of carboxylic acids is 1. The molecule has 1 N–H and O–H groups in total. The molecule has 5 atom stereocenters. The molecule has 2 aromatic carbocycles. The third kappa shape index (κ3) is 4.95. The number of benzene rings is 2. The first kappa shape index (κ1) is 26.0. The number of piperazine rings is 1. The van der Waals surface area contributed by atoms with Gasteiger partial charge in [0, 0.05) is 26.2 Å². The lowest BCUT2D eigenvalue weighted by Gasteiger charge is -2.45. The fourth-order valence-electron chi connectivity index (χ4n) is 7.55. The maximum absolute atomic E-state index is 14.2. The van der Waals surface area contributed by atoms with E-state index in [0.717, 1.165) is 25.9 Å². The lowest BCUT2D eigenvalue weighted by Crippen LogP contribution is -2.54. The second-order valence-corrected chi connectivity index (χ2v) is 12.1. The SMILES string of the molecule is CC(C)[C@@H]1CC[C@@H](C)C[C@@H]1C1(C(=O)N2CCN(C(c3ccccc3)c3ccccc3)CC2)CC1C(=O)O. The van der Waals surface area contributed by atoms with Crippen LogP contribution < -0.4 is 0 Å². The summed E-state index contributed by atoms with van der Waals surface area (Å²) in [6.45, 7) is 9.62. The van der Waals surface area contributed by atoms with Crippen LogP contribution in [0.25, 0.3) is 0 Å². The van der Waals surface area contributed by atoms with E-state index < -0.39 is 17.3 Å². The van der Waals surface area contributed by atoms with Gasteiger partial charge >= 0.3 is 5.97 Å². The number of hydrogen-bond acceptors (Lipinski definition) is 3. The van der Waals surface area contributed by atoms with Crippen molar-refractivity contribution in [1.29, 1.82) is 0 Å².